The highest BCUT2D eigenvalue weighted by molar-refractivity contribution is 5.85. The fourth-order valence-corrected chi connectivity index (χ4v) is 4.68. The smallest absolute Gasteiger partial charge is 0.243 e. The van der Waals surface area contributed by atoms with Crippen molar-refractivity contribution in [2.75, 3.05) is 40.9 Å². The molecule has 0 radical (unpaired) electrons. The van der Waals surface area contributed by atoms with Crippen LogP contribution in [0.3, 0.4) is 0 Å². The van der Waals surface area contributed by atoms with E-state index in [2.05, 4.69) is 39.9 Å². The lowest BCUT2D eigenvalue weighted by molar-refractivity contribution is -0.127. The monoisotopic (exact) mass is 414 g/mol. The Morgan fingerprint density at radius 1 is 1.23 bits per heavy atom. The van der Waals surface area contributed by atoms with Crippen LogP contribution in [0.4, 0.5) is 0 Å². The number of guanidine groups is 1. The van der Waals surface area contributed by atoms with Gasteiger partial charge in [-0.2, -0.15) is 0 Å². The number of nitrogens with zero attached hydrogens (tertiary/aromatic N) is 2. The molecule has 1 unspecified atom stereocenters. The number of hydrogen-bond acceptors (Lipinski definition) is 3. The number of carbonyl (C=O) groups excluding carboxylic acids is 1. The van der Waals surface area contributed by atoms with Gasteiger partial charge in [-0.05, 0) is 55.1 Å². The van der Waals surface area contributed by atoms with Crippen LogP contribution in [0.25, 0.3) is 0 Å². The van der Waals surface area contributed by atoms with Gasteiger partial charge >= 0.3 is 0 Å². The van der Waals surface area contributed by atoms with Crippen LogP contribution in [0, 0.1) is 5.41 Å². The van der Waals surface area contributed by atoms with Crippen LogP contribution in [-0.4, -0.2) is 63.7 Å². The molecule has 0 spiro atoms. The van der Waals surface area contributed by atoms with E-state index >= 15 is 0 Å². The summed E-state index contributed by atoms with van der Waals surface area (Å²) >= 11 is 0. The average Bonchev–Trinajstić information content (AvgIpc) is 3.23. The number of amides is 1. The first-order valence-electron chi connectivity index (χ1n) is 11.3. The number of methoxy groups -OCH3 is 1. The van der Waals surface area contributed by atoms with Gasteiger partial charge in [0.05, 0.1) is 0 Å². The number of benzene rings is 1. The zero-order chi connectivity index (χ0) is 21.4. The molecule has 30 heavy (non-hydrogen) atoms. The third-order valence-corrected chi connectivity index (χ3v) is 6.69. The van der Waals surface area contributed by atoms with Crippen LogP contribution in [-0.2, 0) is 22.4 Å². The van der Waals surface area contributed by atoms with E-state index in [0.29, 0.717) is 6.04 Å². The second kappa shape index (κ2) is 10.8. The number of fused-ring (bicyclic) bond motifs is 1. The molecule has 0 saturated heterocycles. The number of likely N-dealkylation sites (N-methyl/N-ethyl adjacent to an activating group) is 1. The summed E-state index contributed by atoms with van der Waals surface area (Å²) in [6, 6.07) is 9.02. The van der Waals surface area contributed by atoms with E-state index < -0.39 is 0 Å². The molecular formula is C24H38N4O2. The Labute approximate surface area is 181 Å². The van der Waals surface area contributed by atoms with Gasteiger partial charge in [0.2, 0.25) is 5.91 Å². The molecule has 1 saturated carbocycles. The quantitative estimate of drug-likeness (QED) is 0.507. The van der Waals surface area contributed by atoms with Crippen molar-refractivity contribution in [2.24, 2.45) is 10.4 Å². The predicted molar refractivity (Wildman–Crippen MR) is 122 cm³/mol. The first-order valence-corrected chi connectivity index (χ1v) is 11.3. The highest BCUT2D eigenvalue weighted by atomic mass is 16.5. The number of aryl methyl sites for hydroxylation is 1. The second-order valence-electron chi connectivity index (χ2n) is 9.11. The molecule has 1 amide bonds. The Morgan fingerprint density at radius 3 is 2.67 bits per heavy atom. The number of aliphatic imine (C=N–C) groups is 1. The standard InChI is InChI=1S/C24H38N4O2/c1-28(2)22(29)17-25-23(26-18-24(14-15-30-3)12-6-7-13-24)27-21-11-10-19-8-4-5-9-20(19)16-21/h4-5,8-9,21H,6-7,10-18H2,1-3H3,(H2,25,26,27). The van der Waals surface area contributed by atoms with Crippen molar-refractivity contribution in [1.82, 2.24) is 15.5 Å². The van der Waals surface area contributed by atoms with Crippen molar-refractivity contribution in [3.63, 3.8) is 0 Å². The average molecular weight is 415 g/mol. The summed E-state index contributed by atoms with van der Waals surface area (Å²) in [6.07, 6.45) is 9.23. The normalized spacial score (nSPS) is 20.5. The van der Waals surface area contributed by atoms with E-state index in [1.165, 1.54) is 36.8 Å². The maximum Gasteiger partial charge on any atom is 0.243 e. The molecule has 1 aromatic carbocycles. The summed E-state index contributed by atoms with van der Waals surface area (Å²) in [5, 5.41) is 7.21. The summed E-state index contributed by atoms with van der Waals surface area (Å²) < 4.78 is 5.37. The minimum absolute atomic E-state index is 0.0139. The zero-order valence-corrected chi connectivity index (χ0v) is 18.9. The first kappa shape index (κ1) is 22.6. The summed E-state index contributed by atoms with van der Waals surface area (Å²) in [6.45, 7) is 1.83. The Bertz CT molecular complexity index is 726. The lowest BCUT2D eigenvalue weighted by Crippen LogP contribution is -2.49. The van der Waals surface area contributed by atoms with Gasteiger partial charge in [-0.1, -0.05) is 37.1 Å². The molecular weight excluding hydrogens is 376 g/mol. The van der Waals surface area contributed by atoms with Crippen molar-refractivity contribution in [1.29, 1.82) is 0 Å². The second-order valence-corrected chi connectivity index (χ2v) is 9.11. The Balaban J connectivity index is 1.66. The third-order valence-electron chi connectivity index (χ3n) is 6.69. The summed E-state index contributed by atoms with van der Waals surface area (Å²) in [7, 11) is 5.32. The van der Waals surface area contributed by atoms with Crippen LogP contribution in [0.2, 0.25) is 0 Å². The van der Waals surface area contributed by atoms with Gasteiger partial charge in [0.15, 0.2) is 5.96 Å². The van der Waals surface area contributed by atoms with E-state index in [9.17, 15) is 4.79 Å². The fraction of sp³-hybridized carbons (Fsp3) is 0.667. The molecule has 0 aliphatic heterocycles. The Kier molecular flexibility index (Phi) is 8.14. The van der Waals surface area contributed by atoms with Crippen LogP contribution in [0.15, 0.2) is 29.3 Å². The molecule has 6 heteroatoms. The number of hydrogen-bond donors (Lipinski definition) is 2. The van der Waals surface area contributed by atoms with Gasteiger partial charge in [0.25, 0.3) is 0 Å². The third kappa shape index (κ3) is 6.21. The van der Waals surface area contributed by atoms with Gasteiger partial charge in [-0.15, -0.1) is 0 Å². The van der Waals surface area contributed by atoms with Gasteiger partial charge in [0.1, 0.15) is 6.54 Å². The maximum absolute atomic E-state index is 12.1. The van der Waals surface area contributed by atoms with E-state index in [0.717, 1.165) is 44.8 Å². The summed E-state index contributed by atoms with van der Waals surface area (Å²) in [5.74, 6) is 0.776. The molecule has 6 nitrogen and oxygen atoms in total. The van der Waals surface area contributed by atoms with E-state index in [1.54, 1.807) is 26.1 Å². The highest BCUT2D eigenvalue weighted by Gasteiger charge is 2.33. The molecule has 166 valence electrons. The highest BCUT2D eigenvalue weighted by Crippen LogP contribution is 2.40. The van der Waals surface area contributed by atoms with Gasteiger partial charge < -0.3 is 20.3 Å². The van der Waals surface area contributed by atoms with Crippen LogP contribution in [0.1, 0.15) is 49.7 Å². The lowest BCUT2D eigenvalue weighted by Gasteiger charge is -2.32. The van der Waals surface area contributed by atoms with Crippen LogP contribution >= 0.6 is 0 Å². The maximum atomic E-state index is 12.1. The Hall–Kier alpha value is -2.08. The molecule has 2 N–H and O–H groups in total. The molecule has 2 aliphatic rings. The van der Waals surface area contributed by atoms with E-state index in [4.69, 9.17) is 4.74 Å². The molecule has 1 fully saturated rings. The number of carbonyl (C=O) groups is 1. The van der Waals surface area contributed by atoms with Crippen molar-refractivity contribution in [2.45, 2.75) is 57.4 Å². The number of ether oxygens (including phenoxy) is 1. The van der Waals surface area contributed by atoms with E-state index in [-0.39, 0.29) is 17.9 Å². The predicted octanol–water partition coefficient (Wildman–Crippen LogP) is 2.76. The molecule has 3 rings (SSSR count). The minimum atomic E-state index is 0.0139. The fourth-order valence-electron chi connectivity index (χ4n) is 4.68. The zero-order valence-electron chi connectivity index (χ0n) is 18.9. The molecule has 1 atom stereocenters. The van der Waals surface area contributed by atoms with Crippen molar-refractivity contribution < 1.29 is 9.53 Å². The summed E-state index contributed by atoms with van der Waals surface area (Å²) in [5.41, 5.74) is 3.13. The van der Waals surface area contributed by atoms with E-state index in [1.807, 2.05) is 0 Å². The molecule has 2 aliphatic carbocycles. The van der Waals surface area contributed by atoms with Gasteiger partial charge in [-0.3, -0.25) is 4.79 Å². The van der Waals surface area contributed by atoms with Gasteiger partial charge in [0, 0.05) is 40.4 Å². The van der Waals surface area contributed by atoms with Crippen molar-refractivity contribution in [3.8, 4) is 0 Å². The number of rotatable bonds is 8. The molecule has 0 bridgehead atoms. The van der Waals surface area contributed by atoms with Gasteiger partial charge in [-0.25, -0.2) is 4.99 Å². The summed E-state index contributed by atoms with van der Waals surface area (Å²) in [4.78, 5) is 18.3. The van der Waals surface area contributed by atoms with Crippen molar-refractivity contribution in [3.05, 3.63) is 35.4 Å². The van der Waals surface area contributed by atoms with Crippen molar-refractivity contribution >= 4 is 11.9 Å². The topological polar surface area (TPSA) is 66.0 Å². The largest absolute Gasteiger partial charge is 0.385 e. The van der Waals surface area contributed by atoms with Crippen LogP contribution in [0.5, 0.6) is 0 Å². The minimum Gasteiger partial charge on any atom is -0.385 e. The molecule has 0 aromatic heterocycles. The molecule has 0 heterocycles. The number of nitrogens with one attached hydrogen (secondary N) is 2. The SMILES string of the molecule is COCCC1(CNC(=NCC(=O)N(C)C)NC2CCc3ccccc3C2)CCCC1. The lowest BCUT2D eigenvalue weighted by atomic mass is 9.83. The molecule has 1 aromatic rings. The van der Waals surface area contributed by atoms with Crippen LogP contribution < -0.4 is 10.6 Å². The Morgan fingerprint density at radius 2 is 1.97 bits per heavy atom. The first-order chi connectivity index (χ1) is 14.5.